The van der Waals surface area contributed by atoms with Gasteiger partial charge in [-0.1, -0.05) is 37.6 Å². The summed E-state index contributed by atoms with van der Waals surface area (Å²) in [6, 6.07) is 17.1. The largest absolute Gasteiger partial charge is 0.497 e. The van der Waals surface area contributed by atoms with E-state index in [2.05, 4.69) is 13.8 Å². The van der Waals surface area contributed by atoms with E-state index in [0.717, 1.165) is 27.8 Å². The van der Waals surface area contributed by atoms with Gasteiger partial charge in [0.25, 0.3) is 5.91 Å². The molecule has 0 aliphatic carbocycles. The molecule has 33 heavy (non-hydrogen) atoms. The van der Waals surface area contributed by atoms with Gasteiger partial charge in [-0.05, 0) is 77.0 Å². The molecule has 1 saturated heterocycles. The smallest absolute Gasteiger partial charge is 0.266 e. The number of amidine groups is 1. The summed E-state index contributed by atoms with van der Waals surface area (Å²) in [6.07, 6.45) is 1.89. The third-order valence-corrected chi connectivity index (χ3v) is 6.47. The fraction of sp³-hybridized carbons (Fsp3) is 0.231. The maximum Gasteiger partial charge on any atom is 0.266 e. The Kier molecular flexibility index (Phi) is 6.96. The first kappa shape index (κ1) is 23.2. The van der Waals surface area contributed by atoms with Gasteiger partial charge < -0.3 is 9.47 Å². The normalized spacial score (nSPS) is 16.4. The van der Waals surface area contributed by atoms with Crippen molar-refractivity contribution in [3.63, 3.8) is 0 Å². The standard InChI is InChI=1S/C26H25ClN2O3S/c1-16(2)15-29-25(30)24(33-26(29)28-19-9-7-18(27)8-10-19)14-22-21-13-20(31-3)11-5-17(21)6-12-23(22)32-4/h5-14,16H,15H2,1-4H3/b24-14-,28-26?. The number of fused-ring (bicyclic) bond motifs is 1. The summed E-state index contributed by atoms with van der Waals surface area (Å²) < 4.78 is 11.1. The van der Waals surface area contributed by atoms with Gasteiger partial charge in [0, 0.05) is 17.1 Å². The molecule has 1 aliphatic heterocycles. The molecular formula is C26H25ClN2O3S. The Morgan fingerprint density at radius 2 is 1.79 bits per heavy atom. The van der Waals surface area contributed by atoms with Gasteiger partial charge in [-0.3, -0.25) is 9.69 Å². The first-order chi connectivity index (χ1) is 15.9. The zero-order valence-corrected chi connectivity index (χ0v) is 20.5. The van der Waals surface area contributed by atoms with Gasteiger partial charge >= 0.3 is 0 Å². The molecule has 3 aromatic rings. The molecule has 7 heteroatoms. The maximum atomic E-state index is 13.4. The fourth-order valence-electron chi connectivity index (χ4n) is 3.63. The predicted octanol–water partition coefficient (Wildman–Crippen LogP) is 6.77. The summed E-state index contributed by atoms with van der Waals surface area (Å²) >= 11 is 7.38. The average molecular weight is 481 g/mol. The van der Waals surface area contributed by atoms with E-state index in [1.165, 1.54) is 11.8 Å². The molecule has 170 valence electrons. The number of hydrogen-bond acceptors (Lipinski definition) is 5. The molecule has 0 N–H and O–H groups in total. The highest BCUT2D eigenvalue weighted by atomic mass is 35.5. The van der Waals surface area contributed by atoms with Crippen LogP contribution in [0.5, 0.6) is 11.5 Å². The van der Waals surface area contributed by atoms with E-state index in [-0.39, 0.29) is 5.91 Å². The molecule has 0 radical (unpaired) electrons. The number of nitrogens with zero attached hydrogens (tertiary/aromatic N) is 2. The van der Waals surface area contributed by atoms with Gasteiger partial charge in [-0.2, -0.15) is 0 Å². The van der Waals surface area contributed by atoms with Crippen LogP contribution in [0.15, 0.2) is 64.5 Å². The van der Waals surface area contributed by atoms with E-state index in [9.17, 15) is 4.79 Å². The van der Waals surface area contributed by atoms with Crippen LogP contribution in [0, 0.1) is 5.92 Å². The van der Waals surface area contributed by atoms with E-state index in [0.29, 0.717) is 33.3 Å². The van der Waals surface area contributed by atoms with E-state index in [1.807, 2.05) is 48.5 Å². The molecule has 3 aromatic carbocycles. The monoisotopic (exact) mass is 480 g/mol. The molecule has 4 rings (SSSR count). The molecule has 0 atom stereocenters. The minimum Gasteiger partial charge on any atom is -0.497 e. The number of halogens is 1. The highest BCUT2D eigenvalue weighted by Gasteiger charge is 2.34. The summed E-state index contributed by atoms with van der Waals surface area (Å²) in [7, 11) is 3.27. The second kappa shape index (κ2) is 9.89. The Hall–Kier alpha value is -2.96. The number of amides is 1. The SMILES string of the molecule is COc1ccc2ccc(OC)c(/C=C3\SC(=Nc4ccc(Cl)cc4)N(CC(C)C)C3=O)c2c1. The minimum absolute atomic E-state index is 0.0663. The third-order valence-electron chi connectivity index (χ3n) is 5.21. The van der Waals surface area contributed by atoms with Gasteiger partial charge in [0.05, 0.1) is 24.8 Å². The van der Waals surface area contributed by atoms with Gasteiger partial charge in [-0.15, -0.1) is 0 Å². The Bertz CT molecular complexity index is 1250. The van der Waals surface area contributed by atoms with Crippen molar-refractivity contribution in [1.29, 1.82) is 0 Å². The number of methoxy groups -OCH3 is 2. The second-order valence-electron chi connectivity index (χ2n) is 8.06. The van der Waals surface area contributed by atoms with E-state index < -0.39 is 0 Å². The maximum absolute atomic E-state index is 13.4. The minimum atomic E-state index is -0.0663. The lowest BCUT2D eigenvalue weighted by atomic mass is 10.0. The van der Waals surface area contributed by atoms with E-state index in [4.69, 9.17) is 26.1 Å². The van der Waals surface area contributed by atoms with E-state index in [1.54, 1.807) is 31.3 Å². The van der Waals surface area contributed by atoms with Crippen molar-refractivity contribution < 1.29 is 14.3 Å². The lowest BCUT2D eigenvalue weighted by molar-refractivity contribution is -0.122. The molecule has 0 bridgehead atoms. The second-order valence-corrected chi connectivity index (χ2v) is 9.51. The zero-order chi connectivity index (χ0) is 23.5. The molecule has 0 unspecified atom stereocenters. The lowest BCUT2D eigenvalue weighted by Gasteiger charge is -2.17. The number of hydrogen-bond donors (Lipinski definition) is 0. The van der Waals surface area contributed by atoms with Crippen LogP contribution in [0.1, 0.15) is 19.4 Å². The Balaban J connectivity index is 1.81. The van der Waals surface area contributed by atoms with Crippen LogP contribution in [-0.2, 0) is 4.79 Å². The topological polar surface area (TPSA) is 51.1 Å². The summed E-state index contributed by atoms with van der Waals surface area (Å²) in [4.78, 5) is 20.5. The van der Waals surface area contributed by atoms with Crippen molar-refractivity contribution >= 4 is 57.0 Å². The summed E-state index contributed by atoms with van der Waals surface area (Å²) in [5.74, 6) is 1.66. The molecule has 5 nitrogen and oxygen atoms in total. The highest BCUT2D eigenvalue weighted by molar-refractivity contribution is 8.18. The molecule has 1 amide bonds. The Morgan fingerprint density at radius 3 is 2.45 bits per heavy atom. The molecule has 0 aromatic heterocycles. The number of carbonyl (C=O) groups excluding carboxylic acids is 1. The molecule has 0 spiro atoms. The summed E-state index contributed by atoms with van der Waals surface area (Å²) in [5.41, 5.74) is 1.58. The van der Waals surface area contributed by atoms with Crippen LogP contribution in [0.4, 0.5) is 5.69 Å². The molecule has 1 heterocycles. The summed E-state index contributed by atoms with van der Waals surface area (Å²) in [6.45, 7) is 4.75. The number of carbonyl (C=O) groups is 1. The first-order valence-electron chi connectivity index (χ1n) is 10.6. The quantitative estimate of drug-likeness (QED) is 0.365. The van der Waals surface area contributed by atoms with Crippen molar-refractivity contribution in [2.75, 3.05) is 20.8 Å². The van der Waals surface area contributed by atoms with Crippen LogP contribution >= 0.6 is 23.4 Å². The van der Waals surface area contributed by atoms with Gasteiger partial charge in [0.2, 0.25) is 0 Å². The number of rotatable bonds is 6. The summed E-state index contributed by atoms with van der Waals surface area (Å²) in [5, 5.41) is 3.28. The Morgan fingerprint density at radius 1 is 1.06 bits per heavy atom. The van der Waals surface area contributed by atoms with Crippen molar-refractivity contribution in [2.24, 2.45) is 10.9 Å². The fourth-order valence-corrected chi connectivity index (χ4v) is 4.75. The zero-order valence-electron chi connectivity index (χ0n) is 19.0. The van der Waals surface area contributed by atoms with Crippen molar-refractivity contribution in [3.05, 3.63) is 70.1 Å². The Labute approximate surface area is 203 Å². The lowest BCUT2D eigenvalue weighted by Crippen LogP contribution is -2.32. The van der Waals surface area contributed by atoms with Gasteiger partial charge in [0.15, 0.2) is 5.17 Å². The van der Waals surface area contributed by atoms with Crippen LogP contribution in [-0.4, -0.2) is 36.7 Å². The number of thioether (sulfide) groups is 1. The first-order valence-corrected chi connectivity index (χ1v) is 11.8. The van der Waals surface area contributed by atoms with Gasteiger partial charge in [0.1, 0.15) is 11.5 Å². The molecule has 1 fully saturated rings. The van der Waals surface area contributed by atoms with Crippen LogP contribution < -0.4 is 9.47 Å². The molecule has 1 aliphatic rings. The van der Waals surface area contributed by atoms with Crippen LogP contribution in [0.2, 0.25) is 5.02 Å². The van der Waals surface area contributed by atoms with Crippen molar-refractivity contribution in [3.8, 4) is 11.5 Å². The van der Waals surface area contributed by atoms with E-state index >= 15 is 0 Å². The third kappa shape index (κ3) is 5.02. The van der Waals surface area contributed by atoms with Crippen molar-refractivity contribution in [2.45, 2.75) is 13.8 Å². The van der Waals surface area contributed by atoms with Crippen LogP contribution in [0.25, 0.3) is 16.8 Å². The molecular weight excluding hydrogens is 456 g/mol. The van der Waals surface area contributed by atoms with Gasteiger partial charge in [-0.25, -0.2) is 4.99 Å². The van der Waals surface area contributed by atoms with Crippen LogP contribution in [0.3, 0.4) is 0 Å². The number of benzene rings is 3. The number of aliphatic imine (C=N–C) groups is 1. The molecule has 0 saturated carbocycles. The number of ether oxygens (including phenoxy) is 2. The average Bonchev–Trinajstić information content (AvgIpc) is 3.08. The highest BCUT2D eigenvalue weighted by Crippen LogP contribution is 2.39. The predicted molar refractivity (Wildman–Crippen MR) is 138 cm³/mol. The van der Waals surface area contributed by atoms with Crippen molar-refractivity contribution in [1.82, 2.24) is 4.90 Å².